The third-order valence-corrected chi connectivity index (χ3v) is 4.47. The second-order valence-corrected chi connectivity index (χ2v) is 6.43. The van der Waals surface area contributed by atoms with Gasteiger partial charge in [-0.1, -0.05) is 31.7 Å². The topological polar surface area (TPSA) is 95.9 Å². The molecule has 140 valence electrons. The zero-order valence-electron chi connectivity index (χ0n) is 15.3. The van der Waals surface area contributed by atoms with Gasteiger partial charge in [-0.05, 0) is 49.4 Å². The average Bonchev–Trinajstić information content (AvgIpc) is 2.84. The fourth-order valence-electron chi connectivity index (χ4n) is 3.00. The van der Waals surface area contributed by atoms with Crippen LogP contribution in [-0.2, 0) is 16.1 Å². The Morgan fingerprint density at radius 1 is 1.04 bits per heavy atom. The molecule has 0 radical (unpaired) electrons. The highest BCUT2D eigenvalue weighted by molar-refractivity contribution is 6.27. The standard InChI is InChI=1S/C17H27NO.C2H2O4/c1-13-11-17(19-3)14(2)10-15(13)12-18-16-8-6-4-5-7-9-16;3-1(4)2(5)6/h10-11,16,18H,4-9,12H2,1-3H3;(H,3,4)(H,5,6). The fourth-order valence-corrected chi connectivity index (χ4v) is 3.00. The maximum absolute atomic E-state index is 9.10. The SMILES string of the molecule is COc1cc(C)c(CNC2CCCCCC2)cc1C.O=C(O)C(=O)O. The summed E-state index contributed by atoms with van der Waals surface area (Å²) in [5.74, 6) is -2.65. The van der Waals surface area contributed by atoms with Gasteiger partial charge in [0.25, 0.3) is 0 Å². The first-order valence-corrected chi connectivity index (χ1v) is 8.68. The lowest BCUT2D eigenvalue weighted by molar-refractivity contribution is -0.159. The van der Waals surface area contributed by atoms with Crippen molar-refractivity contribution in [1.29, 1.82) is 0 Å². The third-order valence-electron chi connectivity index (χ3n) is 4.47. The minimum atomic E-state index is -1.82. The van der Waals surface area contributed by atoms with Gasteiger partial charge in [-0.3, -0.25) is 0 Å². The molecule has 25 heavy (non-hydrogen) atoms. The lowest BCUT2D eigenvalue weighted by atomic mass is 10.0. The quantitative estimate of drug-likeness (QED) is 0.569. The van der Waals surface area contributed by atoms with Gasteiger partial charge in [0.05, 0.1) is 7.11 Å². The van der Waals surface area contributed by atoms with E-state index in [1.54, 1.807) is 7.11 Å². The van der Waals surface area contributed by atoms with Crippen molar-refractivity contribution in [2.24, 2.45) is 0 Å². The minimum Gasteiger partial charge on any atom is -0.496 e. The minimum absolute atomic E-state index is 0.712. The maximum Gasteiger partial charge on any atom is 0.414 e. The molecule has 0 atom stereocenters. The summed E-state index contributed by atoms with van der Waals surface area (Å²) >= 11 is 0. The Labute approximate surface area is 149 Å². The molecule has 6 heteroatoms. The number of hydrogen-bond donors (Lipinski definition) is 3. The Morgan fingerprint density at radius 2 is 1.60 bits per heavy atom. The first-order valence-electron chi connectivity index (χ1n) is 8.68. The number of methoxy groups -OCH3 is 1. The maximum atomic E-state index is 9.10. The second-order valence-electron chi connectivity index (χ2n) is 6.43. The predicted molar refractivity (Wildman–Crippen MR) is 96.1 cm³/mol. The van der Waals surface area contributed by atoms with Gasteiger partial charge < -0.3 is 20.3 Å². The number of carbonyl (C=O) groups is 2. The van der Waals surface area contributed by atoms with Crippen LogP contribution in [0.4, 0.5) is 0 Å². The van der Waals surface area contributed by atoms with Gasteiger partial charge in [0.1, 0.15) is 5.75 Å². The van der Waals surface area contributed by atoms with Crippen molar-refractivity contribution in [3.8, 4) is 5.75 Å². The van der Waals surface area contributed by atoms with Gasteiger partial charge in [0.2, 0.25) is 0 Å². The molecule has 6 nitrogen and oxygen atoms in total. The summed E-state index contributed by atoms with van der Waals surface area (Å²) < 4.78 is 5.37. The molecule has 1 aromatic carbocycles. The second kappa shape index (κ2) is 10.7. The van der Waals surface area contributed by atoms with Gasteiger partial charge in [0.15, 0.2) is 0 Å². The van der Waals surface area contributed by atoms with E-state index in [1.165, 1.54) is 55.2 Å². The van der Waals surface area contributed by atoms with Crippen LogP contribution < -0.4 is 10.1 Å². The van der Waals surface area contributed by atoms with Crippen molar-refractivity contribution in [3.63, 3.8) is 0 Å². The Bertz CT molecular complexity index is 565. The third kappa shape index (κ3) is 7.56. The van der Waals surface area contributed by atoms with E-state index in [2.05, 4.69) is 31.3 Å². The lowest BCUT2D eigenvalue weighted by Gasteiger charge is -2.18. The van der Waals surface area contributed by atoms with Crippen molar-refractivity contribution < 1.29 is 24.5 Å². The first-order chi connectivity index (χ1) is 11.8. The van der Waals surface area contributed by atoms with E-state index in [9.17, 15) is 0 Å². The molecule has 1 saturated carbocycles. The lowest BCUT2D eigenvalue weighted by Crippen LogP contribution is -2.28. The molecule has 0 saturated heterocycles. The van der Waals surface area contributed by atoms with E-state index in [4.69, 9.17) is 24.5 Å². The number of ether oxygens (including phenoxy) is 1. The fraction of sp³-hybridized carbons (Fsp3) is 0.579. The number of nitrogens with one attached hydrogen (secondary N) is 1. The summed E-state index contributed by atoms with van der Waals surface area (Å²) in [5, 5.41) is 18.5. The number of aliphatic carboxylic acids is 2. The number of hydrogen-bond acceptors (Lipinski definition) is 4. The van der Waals surface area contributed by atoms with E-state index in [0.29, 0.717) is 6.04 Å². The van der Waals surface area contributed by atoms with Crippen LogP contribution in [0.1, 0.15) is 55.2 Å². The van der Waals surface area contributed by atoms with E-state index in [1.807, 2.05) is 0 Å². The monoisotopic (exact) mass is 351 g/mol. The van der Waals surface area contributed by atoms with Crippen LogP contribution in [0.25, 0.3) is 0 Å². The molecular weight excluding hydrogens is 322 g/mol. The van der Waals surface area contributed by atoms with Gasteiger partial charge in [-0.15, -0.1) is 0 Å². The molecule has 3 N–H and O–H groups in total. The van der Waals surface area contributed by atoms with Crippen LogP contribution in [0.2, 0.25) is 0 Å². The molecular formula is C19H29NO5. The summed E-state index contributed by atoms with van der Waals surface area (Å²) in [6.07, 6.45) is 8.29. The van der Waals surface area contributed by atoms with E-state index >= 15 is 0 Å². The van der Waals surface area contributed by atoms with Gasteiger partial charge in [0, 0.05) is 12.6 Å². The van der Waals surface area contributed by atoms with Crippen molar-refractivity contribution >= 4 is 11.9 Å². The smallest absolute Gasteiger partial charge is 0.414 e. The number of benzene rings is 1. The molecule has 2 rings (SSSR count). The summed E-state index contributed by atoms with van der Waals surface area (Å²) in [7, 11) is 1.74. The number of carboxylic acids is 2. The largest absolute Gasteiger partial charge is 0.496 e. The van der Waals surface area contributed by atoms with Crippen molar-refractivity contribution in [2.75, 3.05) is 7.11 Å². The Kier molecular flexibility index (Phi) is 8.99. The van der Waals surface area contributed by atoms with Crippen molar-refractivity contribution in [3.05, 3.63) is 28.8 Å². The van der Waals surface area contributed by atoms with E-state index in [-0.39, 0.29) is 0 Å². The van der Waals surface area contributed by atoms with Crippen molar-refractivity contribution in [2.45, 2.75) is 65.0 Å². The molecule has 0 amide bonds. The molecule has 0 aliphatic heterocycles. The highest BCUT2D eigenvalue weighted by Crippen LogP contribution is 2.23. The normalized spacial score (nSPS) is 14.8. The highest BCUT2D eigenvalue weighted by atomic mass is 16.5. The Hall–Kier alpha value is -2.08. The Morgan fingerprint density at radius 3 is 2.08 bits per heavy atom. The molecule has 0 unspecified atom stereocenters. The highest BCUT2D eigenvalue weighted by Gasteiger charge is 2.12. The molecule has 1 fully saturated rings. The zero-order chi connectivity index (χ0) is 18.8. The summed E-state index contributed by atoms with van der Waals surface area (Å²) in [6.45, 7) is 5.28. The average molecular weight is 351 g/mol. The van der Waals surface area contributed by atoms with Crippen LogP contribution in [-0.4, -0.2) is 35.3 Å². The van der Waals surface area contributed by atoms with Gasteiger partial charge in [-0.2, -0.15) is 0 Å². The molecule has 0 heterocycles. The molecule has 0 bridgehead atoms. The van der Waals surface area contributed by atoms with Crippen LogP contribution in [0.5, 0.6) is 5.75 Å². The first kappa shape index (κ1) is 21.0. The number of rotatable bonds is 4. The zero-order valence-corrected chi connectivity index (χ0v) is 15.3. The van der Waals surface area contributed by atoms with Crippen LogP contribution >= 0.6 is 0 Å². The molecule has 0 spiro atoms. The van der Waals surface area contributed by atoms with Gasteiger partial charge >= 0.3 is 11.9 Å². The van der Waals surface area contributed by atoms with Crippen LogP contribution in [0, 0.1) is 13.8 Å². The van der Waals surface area contributed by atoms with Crippen LogP contribution in [0.15, 0.2) is 12.1 Å². The van der Waals surface area contributed by atoms with E-state index in [0.717, 1.165) is 12.3 Å². The summed E-state index contributed by atoms with van der Waals surface area (Å²) in [6, 6.07) is 5.13. The van der Waals surface area contributed by atoms with Crippen molar-refractivity contribution in [1.82, 2.24) is 5.32 Å². The predicted octanol–water partition coefficient (Wildman–Crippen LogP) is 3.28. The number of aryl methyl sites for hydroxylation is 2. The molecule has 1 aliphatic rings. The molecule has 1 aromatic rings. The number of carboxylic acid groups (broad SMARTS) is 2. The van der Waals surface area contributed by atoms with Gasteiger partial charge in [-0.25, -0.2) is 9.59 Å². The van der Waals surface area contributed by atoms with E-state index < -0.39 is 11.9 Å². The van der Waals surface area contributed by atoms with Crippen LogP contribution in [0.3, 0.4) is 0 Å². The summed E-state index contributed by atoms with van der Waals surface area (Å²) in [4.78, 5) is 18.2. The molecule has 0 aromatic heterocycles. The Balaban J connectivity index is 0.000000450. The molecule has 1 aliphatic carbocycles. The summed E-state index contributed by atoms with van der Waals surface area (Å²) in [5.41, 5.74) is 3.96.